The number of alkyl halides is 3. The number of ether oxygens (including phenoxy) is 1. The van der Waals surface area contributed by atoms with Crippen LogP contribution in [0.5, 0.6) is 11.5 Å². The molecular weight excluding hydrogens is 411 g/mol. The molecular formula is C19H18F3NO5S. The number of likely N-dealkylation sites (N-methyl/N-ethyl adjacent to an activating group) is 1. The SMILES string of the molecule is CCN1CC[C@@]23C4=CC=C(O)[C@@H]2Oc2c(OS(=O)(=O)C(F)(F)F)ccc(c23)CC41. The molecule has 0 radical (unpaired) electrons. The minimum Gasteiger partial charge on any atom is -0.508 e. The van der Waals surface area contributed by atoms with Crippen LogP contribution in [0.2, 0.25) is 0 Å². The van der Waals surface area contributed by atoms with E-state index in [0.29, 0.717) is 18.4 Å². The van der Waals surface area contributed by atoms with Crippen molar-refractivity contribution < 1.29 is 35.6 Å². The van der Waals surface area contributed by atoms with E-state index in [1.165, 1.54) is 6.07 Å². The Labute approximate surface area is 165 Å². The van der Waals surface area contributed by atoms with Crippen molar-refractivity contribution in [1.82, 2.24) is 4.90 Å². The smallest absolute Gasteiger partial charge is 0.508 e. The van der Waals surface area contributed by atoms with Crippen molar-refractivity contribution in [2.24, 2.45) is 0 Å². The fraction of sp³-hybridized carbons (Fsp3) is 0.474. The molecule has 4 aliphatic rings. The van der Waals surface area contributed by atoms with Crippen molar-refractivity contribution in [3.05, 3.63) is 46.7 Å². The molecule has 1 N–H and O–H groups in total. The number of hydrogen-bond donors (Lipinski definition) is 1. The summed E-state index contributed by atoms with van der Waals surface area (Å²) in [6.45, 7) is 3.64. The second-order valence-electron chi connectivity index (χ2n) is 7.69. The van der Waals surface area contributed by atoms with Gasteiger partial charge in [-0.15, -0.1) is 0 Å². The lowest BCUT2D eigenvalue weighted by atomic mass is 9.57. The number of likely N-dealkylation sites (tertiary alicyclic amines) is 1. The van der Waals surface area contributed by atoms with Gasteiger partial charge in [-0.3, -0.25) is 4.90 Å². The molecule has 2 aliphatic carbocycles. The quantitative estimate of drug-likeness (QED) is 0.588. The number of allylic oxidation sites excluding steroid dienone is 2. The summed E-state index contributed by atoms with van der Waals surface area (Å²) >= 11 is 0. The summed E-state index contributed by atoms with van der Waals surface area (Å²) in [6, 6.07) is 2.90. The maximum Gasteiger partial charge on any atom is 0.534 e. The Balaban J connectivity index is 1.70. The Morgan fingerprint density at radius 2 is 2.10 bits per heavy atom. The predicted molar refractivity (Wildman–Crippen MR) is 96.3 cm³/mol. The lowest BCUT2D eigenvalue weighted by molar-refractivity contribution is -0.0500. The van der Waals surface area contributed by atoms with Crippen LogP contribution in [-0.2, 0) is 22.0 Å². The molecule has 0 saturated carbocycles. The maximum atomic E-state index is 12.8. The number of piperidine rings is 1. The zero-order chi connectivity index (χ0) is 20.8. The Kier molecular flexibility index (Phi) is 3.69. The van der Waals surface area contributed by atoms with Crippen LogP contribution in [0.3, 0.4) is 0 Å². The fourth-order valence-corrected chi connectivity index (χ4v) is 5.75. The first-order valence-electron chi connectivity index (χ1n) is 9.29. The van der Waals surface area contributed by atoms with E-state index in [9.17, 15) is 26.7 Å². The second-order valence-corrected chi connectivity index (χ2v) is 9.23. The van der Waals surface area contributed by atoms with Gasteiger partial charge in [0.2, 0.25) is 0 Å². The molecule has 1 fully saturated rings. The second kappa shape index (κ2) is 5.69. The van der Waals surface area contributed by atoms with Gasteiger partial charge in [0.15, 0.2) is 17.6 Å². The minimum absolute atomic E-state index is 0.0310. The van der Waals surface area contributed by atoms with E-state index in [0.717, 1.165) is 24.2 Å². The van der Waals surface area contributed by atoms with Gasteiger partial charge < -0.3 is 14.0 Å². The number of halogens is 3. The summed E-state index contributed by atoms with van der Waals surface area (Å²) in [6.07, 6.45) is 3.83. The first-order chi connectivity index (χ1) is 13.6. The Hall–Kier alpha value is -2.20. The molecule has 1 aromatic rings. The Morgan fingerprint density at radius 1 is 1.34 bits per heavy atom. The molecule has 6 nitrogen and oxygen atoms in total. The molecule has 2 heterocycles. The van der Waals surface area contributed by atoms with Crippen LogP contribution in [0.25, 0.3) is 0 Å². The Bertz CT molecular complexity index is 1080. The van der Waals surface area contributed by atoms with Crippen molar-refractivity contribution in [3.8, 4) is 11.5 Å². The molecule has 0 amide bonds. The first kappa shape index (κ1) is 18.8. The summed E-state index contributed by atoms with van der Waals surface area (Å²) in [5.74, 6) is -0.573. The van der Waals surface area contributed by atoms with E-state index in [2.05, 4.69) is 16.0 Å². The van der Waals surface area contributed by atoms with Crippen molar-refractivity contribution >= 4 is 10.1 Å². The molecule has 3 atom stereocenters. The van der Waals surface area contributed by atoms with Gasteiger partial charge in [0.05, 0.1) is 5.41 Å². The van der Waals surface area contributed by atoms with Gasteiger partial charge in [-0.1, -0.05) is 19.1 Å². The summed E-state index contributed by atoms with van der Waals surface area (Å²) in [7, 11) is -5.84. The number of benzene rings is 1. The van der Waals surface area contributed by atoms with Gasteiger partial charge in [0.25, 0.3) is 0 Å². The fourth-order valence-electron chi connectivity index (χ4n) is 5.29. The molecule has 1 spiro atoms. The summed E-state index contributed by atoms with van der Waals surface area (Å²) in [4.78, 5) is 2.32. The highest BCUT2D eigenvalue weighted by Gasteiger charge is 2.62. The summed E-state index contributed by atoms with van der Waals surface area (Å²) in [5.41, 5.74) is -3.73. The average molecular weight is 429 g/mol. The van der Waals surface area contributed by atoms with Crippen LogP contribution >= 0.6 is 0 Å². The zero-order valence-corrected chi connectivity index (χ0v) is 16.2. The van der Waals surface area contributed by atoms with Crippen molar-refractivity contribution in [2.45, 2.75) is 42.8 Å². The van der Waals surface area contributed by atoms with Crippen molar-refractivity contribution in [2.75, 3.05) is 13.1 Å². The van der Waals surface area contributed by atoms with Crippen molar-refractivity contribution in [3.63, 3.8) is 0 Å². The largest absolute Gasteiger partial charge is 0.534 e. The van der Waals surface area contributed by atoms with E-state index < -0.39 is 32.9 Å². The number of hydrogen-bond acceptors (Lipinski definition) is 6. The molecule has 10 heteroatoms. The van der Waals surface area contributed by atoms with E-state index in [4.69, 9.17) is 4.74 Å². The number of aliphatic hydroxyl groups excluding tert-OH is 1. The molecule has 5 rings (SSSR count). The normalized spacial score (nSPS) is 30.2. The molecule has 1 unspecified atom stereocenters. The third-order valence-corrected chi connectivity index (χ3v) is 7.42. The van der Waals surface area contributed by atoms with Crippen LogP contribution in [0.4, 0.5) is 13.2 Å². The monoisotopic (exact) mass is 429 g/mol. The first-order valence-corrected chi connectivity index (χ1v) is 10.7. The summed E-state index contributed by atoms with van der Waals surface area (Å²) < 4.78 is 72.0. The molecule has 2 aliphatic heterocycles. The molecule has 156 valence electrons. The van der Waals surface area contributed by atoms with Crippen LogP contribution < -0.4 is 8.92 Å². The number of aliphatic hydroxyl groups is 1. The Morgan fingerprint density at radius 3 is 2.79 bits per heavy atom. The molecule has 1 aromatic carbocycles. The maximum absolute atomic E-state index is 12.8. The lowest BCUT2D eigenvalue weighted by Gasteiger charge is -2.53. The van der Waals surface area contributed by atoms with E-state index in [1.807, 2.05) is 6.08 Å². The lowest BCUT2D eigenvalue weighted by Crippen LogP contribution is -2.59. The standard InChI is InChI=1S/C19H18F3NO5S/c1-2-23-8-7-18-11-4-5-13(24)17(18)27-16-14(28-29(25,26)19(20,21)22)6-3-10(15(16)18)9-12(11)23/h3-6,12,17,24H,2,7-9H2,1H3/t12?,17-,18-/m0/s1. The summed E-state index contributed by atoms with van der Waals surface area (Å²) in [5, 5.41) is 10.5. The highest BCUT2D eigenvalue weighted by molar-refractivity contribution is 7.88. The van der Waals surface area contributed by atoms with Crippen LogP contribution in [0, 0.1) is 0 Å². The molecule has 29 heavy (non-hydrogen) atoms. The topological polar surface area (TPSA) is 76.1 Å². The highest BCUT2D eigenvalue weighted by Crippen LogP contribution is 2.62. The number of nitrogens with zero attached hydrogens (tertiary/aromatic N) is 1. The molecule has 1 saturated heterocycles. The zero-order valence-electron chi connectivity index (χ0n) is 15.4. The van der Waals surface area contributed by atoms with E-state index >= 15 is 0 Å². The molecule has 0 aromatic heterocycles. The number of rotatable bonds is 3. The predicted octanol–water partition coefficient (Wildman–Crippen LogP) is 2.95. The van der Waals surface area contributed by atoms with Crippen LogP contribution in [0.15, 0.2) is 35.6 Å². The van der Waals surface area contributed by atoms with Crippen LogP contribution in [-0.4, -0.2) is 49.2 Å². The highest BCUT2D eigenvalue weighted by atomic mass is 32.2. The molecule has 2 bridgehead atoms. The third kappa shape index (κ3) is 2.29. The van der Waals surface area contributed by atoms with Gasteiger partial charge in [-0.2, -0.15) is 21.6 Å². The van der Waals surface area contributed by atoms with Crippen LogP contribution in [0.1, 0.15) is 24.5 Å². The van der Waals surface area contributed by atoms with Crippen molar-refractivity contribution in [1.29, 1.82) is 0 Å². The van der Waals surface area contributed by atoms with E-state index in [-0.39, 0.29) is 17.6 Å². The van der Waals surface area contributed by atoms with Gasteiger partial charge in [0, 0.05) is 18.2 Å². The van der Waals surface area contributed by atoms with Gasteiger partial charge in [-0.25, -0.2) is 0 Å². The third-order valence-electron chi connectivity index (χ3n) is 6.45. The van der Waals surface area contributed by atoms with E-state index in [1.54, 1.807) is 12.1 Å². The minimum atomic E-state index is -5.84. The van der Waals surface area contributed by atoms with Gasteiger partial charge in [-0.05, 0) is 42.7 Å². The van der Waals surface area contributed by atoms with Gasteiger partial charge >= 0.3 is 15.6 Å². The van der Waals surface area contributed by atoms with Gasteiger partial charge in [0.1, 0.15) is 5.76 Å². The average Bonchev–Trinajstić information content (AvgIpc) is 2.99.